The lowest BCUT2D eigenvalue weighted by molar-refractivity contribution is 0.108. The minimum absolute atomic E-state index is 0.555. The van der Waals surface area contributed by atoms with Crippen molar-refractivity contribution in [1.29, 1.82) is 0 Å². The lowest BCUT2D eigenvalue weighted by Gasteiger charge is -2.04. The van der Waals surface area contributed by atoms with Crippen LogP contribution in [0.2, 0.25) is 0 Å². The summed E-state index contributed by atoms with van der Waals surface area (Å²) in [4.78, 5) is 1.43. The third-order valence-corrected chi connectivity index (χ3v) is 3.31. The van der Waals surface area contributed by atoms with Gasteiger partial charge < -0.3 is 14.5 Å². The van der Waals surface area contributed by atoms with E-state index in [0.29, 0.717) is 13.2 Å². The Morgan fingerprint density at radius 1 is 1.24 bits per heavy atom. The fourth-order valence-electron chi connectivity index (χ4n) is 1.50. The van der Waals surface area contributed by atoms with E-state index in [4.69, 9.17) is 9.15 Å². The molecule has 17 heavy (non-hydrogen) atoms. The molecule has 92 valence electrons. The molecule has 0 aromatic carbocycles. The van der Waals surface area contributed by atoms with Crippen molar-refractivity contribution < 1.29 is 9.15 Å². The predicted molar refractivity (Wildman–Crippen MR) is 69.3 cm³/mol. The number of nitrogens with one attached hydrogen (secondary N) is 1. The smallest absolute Gasteiger partial charge is 0.129 e. The molecule has 0 aliphatic heterocycles. The molecule has 1 N–H and O–H groups in total. The molecule has 0 radical (unpaired) electrons. The maximum atomic E-state index is 5.46. The van der Waals surface area contributed by atoms with Gasteiger partial charge in [-0.1, -0.05) is 6.07 Å². The molecule has 0 fully saturated rings. The Labute approximate surface area is 105 Å². The quantitative estimate of drug-likeness (QED) is 0.732. The molecule has 0 bridgehead atoms. The zero-order valence-electron chi connectivity index (χ0n) is 9.72. The molecule has 0 atom stereocenters. The molecule has 3 nitrogen and oxygen atoms in total. The number of hydrogen-bond donors (Lipinski definition) is 1. The number of hydrogen-bond acceptors (Lipinski definition) is 4. The third kappa shape index (κ3) is 4.73. The summed E-state index contributed by atoms with van der Waals surface area (Å²) in [5, 5.41) is 5.47. The van der Waals surface area contributed by atoms with Crippen molar-refractivity contribution in [1.82, 2.24) is 5.32 Å². The van der Waals surface area contributed by atoms with Gasteiger partial charge in [0.1, 0.15) is 12.4 Å². The van der Waals surface area contributed by atoms with Crippen molar-refractivity contribution in [2.45, 2.75) is 13.0 Å². The summed E-state index contributed by atoms with van der Waals surface area (Å²) in [5.74, 6) is 0.878. The summed E-state index contributed by atoms with van der Waals surface area (Å²) in [6.45, 7) is 3.15. The van der Waals surface area contributed by atoms with Crippen LogP contribution in [0.15, 0.2) is 40.3 Å². The van der Waals surface area contributed by atoms with Gasteiger partial charge in [0.2, 0.25) is 0 Å². The average Bonchev–Trinajstić information content (AvgIpc) is 3.00. The molecule has 2 rings (SSSR count). The lowest BCUT2D eigenvalue weighted by atomic mass is 10.3. The highest BCUT2D eigenvalue weighted by atomic mass is 32.1. The van der Waals surface area contributed by atoms with Crippen molar-refractivity contribution in [2.24, 2.45) is 0 Å². The van der Waals surface area contributed by atoms with Gasteiger partial charge >= 0.3 is 0 Å². The van der Waals surface area contributed by atoms with E-state index >= 15 is 0 Å². The second-order valence-electron chi connectivity index (χ2n) is 3.71. The predicted octanol–water partition coefficient (Wildman–Crippen LogP) is 2.69. The number of furan rings is 1. The Bertz CT molecular complexity index is 345. The standard InChI is InChI=1S/C13H17NO2S/c1-3-12(16-8-1)11-15-9-7-14-6-5-13-4-2-10-17-13/h1-4,8,10,14H,5-7,9,11H2. The summed E-state index contributed by atoms with van der Waals surface area (Å²) >= 11 is 1.81. The summed E-state index contributed by atoms with van der Waals surface area (Å²) in [7, 11) is 0. The summed E-state index contributed by atoms with van der Waals surface area (Å²) in [5.41, 5.74) is 0. The highest BCUT2D eigenvalue weighted by Gasteiger charge is 1.96. The first-order chi connectivity index (χ1) is 8.45. The summed E-state index contributed by atoms with van der Waals surface area (Å²) in [6, 6.07) is 8.05. The molecule has 2 aromatic rings. The molecule has 2 heterocycles. The SMILES string of the molecule is c1coc(COCCNCCc2cccs2)c1. The topological polar surface area (TPSA) is 34.4 Å². The van der Waals surface area contributed by atoms with Crippen molar-refractivity contribution in [3.63, 3.8) is 0 Å². The molecular formula is C13H17NO2S. The highest BCUT2D eigenvalue weighted by Crippen LogP contribution is 2.07. The van der Waals surface area contributed by atoms with Gasteiger partial charge in [-0.25, -0.2) is 0 Å². The van der Waals surface area contributed by atoms with Gasteiger partial charge in [-0.05, 0) is 30.0 Å². The zero-order chi connectivity index (χ0) is 11.8. The second-order valence-corrected chi connectivity index (χ2v) is 4.74. The average molecular weight is 251 g/mol. The number of rotatable bonds is 8. The van der Waals surface area contributed by atoms with Gasteiger partial charge in [0, 0.05) is 18.0 Å². The second kappa shape index (κ2) is 7.27. The molecule has 0 aliphatic rings. The Balaban J connectivity index is 1.44. The molecule has 0 spiro atoms. The van der Waals surface area contributed by atoms with Crippen molar-refractivity contribution >= 4 is 11.3 Å². The zero-order valence-corrected chi connectivity index (χ0v) is 10.5. The van der Waals surface area contributed by atoms with Crippen LogP contribution in [-0.4, -0.2) is 19.7 Å². The fourth-order valence-corrected chi connectivity index (χ4v) is 2.21. The highest BCUT2D eigenvalue weighted by molar-refractivity contribution is 7.09. The first-order valence-electron chi connectivity index (χ1n) is 5.78. The Kier molecular flexibility index (Phi) is 5.29. The van der Waals surface area contributed by atoms with E-state index in [1.165, 1.54) is 4.88 Å². The maximum Gasteiger partial charge on any atom is 0.129 e. The van der Waals surface area contributed by atoms with Gasteiger partial charge in [-0.3, -0.25) is 0 Å². The van der Waals surface area contributed by atoms with E-state index in [2.05, 4.69) is 22.8 Å². The van der Waals surface area contributed by atoms with Crippen LogP contribution in [0.4, 0.5) is 0 Å². The normalized spacial score (nSPS) is 10.8. The van der Waals surface area contributed by atoms with Crippen LogP contribution in [0, 0.1) is 0 Å². The van der Waals surface area contributed by atoms with E-state index in [-0.39, 0.29) is 0 Å². The molecule has 0 unspecified atom stereocenters. The Morgan fingerprint density at radius 3 is 3.00 bits per heavy atom. The van der Waals surface area contributed by atoms with Crippen LogP contribution >= 0.6 is 11.3 Å². The maximum absolute atomic E-state index is 5.46. The molecule has 0 aliphatic carbocycles. The van der Waals surface area contributed by atoms with E-state index in [1.807, 2.05) is 12.1 Å². The van der Waals surface area contributed by atoms with Gasteiger partial charge in [0.15, 0.2) is 0 Å². The van der Waals surface area contributed by atoms with E-state index < -0.39 is 0 Å². The van der Waals surface area contributed by atoms with Crippen molar-refractivity contribution in [3.8, 4) is 0 Å². The largest absolute Gasteiger partial charge is 0.467 e. The molecule has 2 aromatic heterocycles. The van der Waals surface area contributed by atoms with Crippen LogP contribution in [-0.2, 0) is 17.8 Å². The molecule has 0 saturated heterocycles. The van der Waals surface area contributed by atoms with E-state index in [1.54, 1.807) is 17.6 Å². The lowest BCUT2D eigenvalue weighted by Crippen LogP contribution is -2.21. The first-order valence-corrected chi connectivity index (χ1v) is 6.66. The van der Waals surface area contributed by atoms with Gasteiger partial charge in [0.05, 0.1) is 12.9 Å². The Hall–Kier alpha value is -1.10. The van der Waals surface area contributed by atoms with Gasteiger partial charge in [0.25, 0.3) is 0 Å². The summed E-state index contributed by atoms with van der Waals surface area (Å²) in [6.07, 6.45) is 2.76. The third-order valence-electron chi connectivity index (χ3n) is 2.38. The fraction of sp³-hybridized carbons (Fsp3) is 0.385. The summed E-state index contributed by atoms with van der Waals surface area (Å²) < 4.78 is 10.6. The van der Waals surface area contributed by atoms with Crippen LogP contribution in [0.5, 0.6) is 0 Å². The van der Waals surface area contributed by atoms with Crippen LogP contribution < -0.4 is 5.32 Å². The van der Waals surface area contributed by atoms with Crippen molar-refractivity contribution in [3.05, 3.63) is 46.5 Å². The minimum Gasteiger partial charge on any atom is -0.467 e. The van der Waals surface area contributed by atoms with Gasteiger partial charge in [-0.15, -0.1) is 11.3 Å². The molecular weight excluding hydrogens is 234 g/mol. The van der Waals surface area contributed by atoms with Crippen LogP contribution in [0.3, 0.4) is 0 Å². The number of thiophene rings is 1. The molecule has 4 heteroatoms. The van der Waals surface area contributed by atoms with Crippen molar-refractivity contribution in [2.75, 3.05) is 19.7 Å². The van der Waals surface area contributed by atoms with Gasteiger partial charge in [-0.2, -0.15) is 0 Å². The molecule has 0 amide bonds. The molecule has 0 saturated carbocycles. The van der Waals surface area contributed by atoms with E-state index in [9.17, 15) is 0 Å². The van der Waals surface area contributed by atoms with Crippen LogP contribution in [0.1, 0.15) is 10.6 Å². The Morgan fingerprint density at radius 2 is 2.24 bits per heavy atom. The van der Waals surface area contributed by atoms with E-state index in [0.717, 1.165) is 25.3 Å². The monoisotopic (exact) mass is 251 g/mol. The minimum atomic E-state index is 0.555. The van der Waals surface area contributed by atoms with Crippen LogP contribution in [0.25, 0.3) is 0 Å². The first kappa shape index (κ1) is 12.4. The number of ether oxygens (including phenoxy) is 1.